The summed E-state index contributed by atoms with van der Waals surface area (Å²) in [6.45, 7) is 4.03. The number of nitrogens with zero attached hydrogens (tertiary/aromatic N) is 2. The maximum atomic E-state index is 13.0. The van der Waals surface area contributed by atoms with Crippen LogP contribution < -0.4 is 0 Å². The first kappa shape index (κ1) is 14.6. The molecule has 19 heavy (non-hydrogen) atoms. The molecule has 1 aromatic carbocycles. The summed E-state index contributed by atoms with van der Waals surface area (Å²) in [7, 11) is 0. The second-order valence-corrected chi connectivity index (χ2v) is 6.27. The number of hydrogen-bond donors (Lipinski definition) is 1. The van der Waals surface area contributed by atoms with E-state index in [0.717, 1.165) is 16.1 Å². The van der Waals surface area contributed by atoms with Crippen molar-refractivity contribution < 1.29 is 9.50 Å². The Hall–Kier alpha value is -0.850. The van der Waals surface area contributed by atoms with Crippen LogP contribution in [0.1, 0.15) is 42.0 Å². The SMILES string of the molecule is CC(C)c1nnsc1C(O)Cc1ccc(F)cc1Br. The van der Waals surface area contributed by atoms with Crippen molar-refractivity contribution in [3.05, 3.63) is 44.6 Å². The molecule has 0 aliphatic heterocycles. The lowest BCUT2D eigenvalue weighted by atomic mass is 10.0. The third kappa shape index (κ3) is 3.38. The van der Waals surface area contributed by atoms with Gasteiger partial charge in [-0.3, -0.25) is 0 Å². The predicted molar refractivity (Wildman–Crippen MR) is 76.8 cm³/mol. The number of aliphatic hydroxyl groups excluding tert-OH is 1. The van der Waals surface area contributed by atoms with Gasteiger partial charge in [0.05, 0.1) is 16.7 Å². The fourth-order valence-electron chi connectivity index (χ4n) is 1.82. The summed E-state index contributed by atoms with van der Waals surface area (Å²) in [5.74, 6) is -0.0764. The van der Waals surface area contributed by atoms with Crippen molar-refractivity contribution in [3.8, 4) is 0 Å². The molecule has 102 valence electrons. The lowest BCUT2D eigenvalue weighted by molar-refractivity contribution is 0.180. The van der Waals surface area contributed by atoms with Crippen molar-refractivity contribution in [3.63, 3.8) is 0 Å². The average Bonchev–Trinajstić information content (AvgIpc) is 2.82. The molecule has 3 nitrogen and oxygen atoms in total. The van der Waals surface area contributed by atoms with Crippen LogP contribution in [0.25, 0.3) is 0 Å². The molecular formula is C13H14BrFN2OS. The standard InChI is InChI=1S/C13H14BrFN2OS/c1-7(2)12-13(19-17-16-12)11(18)5-8-3-4-9(15)6-10(8)14/h3-4,6-7,11,18H,5H2,1-2H3. The minimum absolute atomic E-state index is 0.222. The monoisotopic (exact) mass is 344 g/mol. The van der Waals surface area contributed by atoms with Gasteiger partial charge in [0.1, 0.15) is 5.82 Å². The summed E-state index contributed by atoms with van der Waals surface area (Å²) >= 11 is 4.52. The van der Waals surface area contributed by atoms with Crippen molar-refractivity contribution in [1.82, 2.24) is 9.59 Å². The Kier molecular flexibility index (Phi) is 4.65. The highest BCUT2D eigenvalue weighted by Gasteiger charge is 2.20. The van der Waals surface area contributed by atoms with Crippen molar-refractivity contribution in [2.45, 2.75) is 32.3 Å². The van der Waals surface area contributed by atoms with E-state index in [-0.39, 0.29) is 11.7 Å². The van der Waals surface area contributed by atoms with E-state index in [1.54, 1.807) is 6.07 Å². The summed E-state index contributed by atoms with van der Waals surface area (Å²) in [6, 6.07) is 4.46. The molecule has 1 N–H and O–H groups in total. The average molecular weight is 345 g/mol. The van der Waals surface area contributed by atoms with Gasteiger partial charge in [-0.15, -0.1) is 5.10 Å². The van der Waals surface area contributed by atoms with Crippen LogP contribution in [-0.4, -0.2) is 14.7 Å². The zero-order chi connectivity index (χ0) is 14.0. The normalized spacial score (nSPS) is 12.9. The molecule has 6 heteroatoms. The largest absolute Gasteiger partial charge is 0.387 e. The first-order valence-electron chi connectivity index (χ1n) is 5.93. The third-order valence-corrected chi connectivity index (χ3v) is 4.40. The molecule has 0 saturated carbocycles. The Bertz CT molecular complexity index is 574. The molecule has 0 bridgehead atoms. The van der Waals surface area contributed by atoms with Crippen LogP contribution in [0.5, 0.6) is 0 Å². The summed E-state index contributed by atoms with van der Waals surface area (Å²) in [4.78, 5) is 0.784. The summed E-state index contributed by atoms with van der Waals surface area (Å²) in [5, 5.41) is 14.4. The smallest absolute Gasteiger partial charge is 0.124 e. The van der Waals surface area contributed by atoms with Crippen LogP contribution in [0.15, 0.2) is 22.7 Å². The maximum absolute atomic E-state index is 13.0. The Morgan fingerprint density at radius 3 is 2.79 bits per heavy atom. The molecular weight excluding hydrogens is 331 g/mol. The van der Waals surface area contributed by atoms with Gasteiger partial charge in [-0.05, 0) is 35.1 Å². The molecule has 1 atom stereocenters. The second-order valence-electron chi connectivity index (χ2n) is 4.63. The Balaban J connectivity index is 2.21. The zero-order valence-corrected chi connectivity index (χ0v) is 13.0. The second kappa shape index (κ2) is 6.07. The molecule has 0 radical (unpaired) electrons. The van der Waals surface area contributed by atoms with Crippen LogP contribution in [0.2, 0.25) is 0 Å². The van der Waals surface area contributed by atoms with Crippen molar-refractivity contribution in [2.75, 3.05) is 0 Å². The third-order valence-electron chi connectivity index (χ3n) is 2.82. The lowest BCUT2D eigenvalue weighted by Gasteiger charge is -2.12. The van der Waals surface area contributed by atoms with Gasteiger partial charge in [0.15, 0.2) is 0 Å². The summed E-state index contributed by atoms with van der Waals surface area (Å²) in [5.41, 5.74) is 1.69. The van der Waals surface area contributed by atoms with Crippen LogP contribution in [-0.2, 0) is 6.42 Å². The number of halogens is 2. The molecule has 1 unspecified atom stereocenters. The Morgan fingerprint density at radius 2 is 2.16 bits per heavy atom. The van der Waals surface area contributed by atoms with Gasteiger partial charge in [-0.1, -0.05) is 40.3 Å². The van der Waals surface area contributed by atoms with E-state index >= 15 is 0 Å². The molecule has 2 rings (SSSR count). The van der Waals surface area contributed by atoms with Gasteiger partial charge in [-0.2, -0.15) is 0 Å². The zero-order valence-electron chi connectivity index (χ0n) is 10.6. The molecule has 0 aliphatic carbocycles. The van der Waals surface area contributed by atoms with Crippen molar-refractivity contribution in [1.29, 1.82) is 0 Å². The fourth-order valence-corrected chi connectivity index (χ4v) is 3.13. The summed E-state index contributed by atoms with van der Waals surface area (Å²) < 4.78 is 17.6. The topological polar surface area (TPSA) is 46.0 Å². The van der Waals surface area contributed by atoms with E-state index in [0.29, 0.717) is 10.9 Å². The Morgan fingerprint density at radius 1 is 1.42 bits per heavy atom. The highest BCUT2D eigenvalue weighted by atomic mass is 79.9. The Labute approximate surface area is 123 Å². The van der Waals surface area contributed by atoms with E-state index in [1.165, 1.54) is 23.7 Å². The molecule has 2 aromatic rings. The van der Waals surface area contributed by atoms with Gasteiger partial charge >= 0.3 is 0 Å². The van der Waals surface area contributed by atoms with Gasteiger partial charge in [0.25, 0.3) is 0 Å². The molecule has 0 spiro atoms. The quantitative estimate of drug-likeness (QED) is 0.916. The van der Waals surface area contributed by atoms with Gasteiger partial charge in [0, 0.05) is 10.9 Å². The van der Waals surface area contributed by atoms with Crippen molar-refractivity contribution in [2.24, 2.45) is 0 Å². The van der Waals surface area contributed by atoms with Gasteiger partial charge in [-0.25, -0.2) is 4.39 Å². The van der Waals surface area contributed by atoms with Gasteiger partial charge < -0.3 is 5.11 Å². The van der Waals surface area contributed by atoms with Crippen molar-refractivity contribution >= 4 is 27.5 Å². The molecule has 0 saturated heterocycles. The first-order chi connectivity index (χ1) is 8.99. The number of aliphatic hydroxyl groups is 1. The lowest BCUT2D eigenvalue weighted by Crippen LogP contribution is -2.05. The van der Waals surface area contributed by atoms with Crippen LogP contribution in [0.4, 0.5) is 4.39 Å². The molecule has 1 heterocycles. The highest BCUT2D eigenvalue weighted by molar-refractivity contribution is 9.10. The van der Waals surface area contributed by atoms with Crippen LogP contribution in [0.3, 0.4) is 0 Å². The van der Waals surface area contributed by atoms with E-state index in [4.69, 9.17) is 0 Å². The fraction of sp³-hybridized carbons (Fsp3) is 0.385. The maximum Gasteiger partial charge on any atom is 0.124 e. The molecule has 0 amide bonds. The minimum Gasteiger partial charge on any atom is -0.387 e. The number of rotatable bonds is 4. The summed E-state index contributed by atoms with van der Waals surface area (Å²) in [6.07, 6.45) is -0.260. The van der Waals surface area contributed by atoms with E-state index in [9.17, 15) is 9.50 Å². The van der Waals surface area contributed by atoms with Gasteiger partial charge in [0.2, 0.25) is 0 Å². The highest BCUT2D eigenvalue weighted by Crippen LogP contribution is 2.30. The van der Waals surface area contributed by atoms with E-state index in [2.05, 4.69) is 25.5 Å². The molecule has 0 fully saturated rings. The predicted octanol–water partition coefficient (Wildman–Crippen LogP) is 3.84. The van der Waals surface area contributed by atoms with Crippen LogP contribution in [0, 0.1) is 5.82 Å². The minimum atomic E-state index is -0.667. The molecule has 0 aliphatic rings. The first-order valence-corrected chi connectivity index (χ1v) is 7.49. The number of aromatic nitrogens is 2. The molecule has 1 aromatic heterocycles. The number of hydrogen-bond acceptors (Lipinski definition) is 4. The van der Waals surface area contributed by atoms with Crippen LogP contribution >= 0.6 is 27.5 Å². The number of benzene rings is 1. The van der Waals surface area contributed by atoms with E-state index in [1.807, 2.05) is 13.8 Å². The van der Waals surface area contributed by atoms with E-state index < -0.39 is 6.10 Å².